The summed E-state index contributed by atoms with van der Waals surface area (Å²) in [4.78, 5) is 12.3. The molecule has 0 aliphatic heterocycles. The fraction of sp³-hybridized carbons (Fsp3) is 0.286. The molecule has 0 spiro atoms. The molecular weight excluding hydrogens is 262 g/mol. The molecule has 2 aromatic rings. The predicted molar refractivity (Wildman–Crippen MR) is 75.6 cm³/mol. The monoisotopic (exact) mass is 277 g/mol. The van der Waals surface area contributed by atoms with Gasteiger partial charge in [0.25, 0.3) is 5.69 Å². The molecule has 1 N–H and O–H groups in total. The van der Waals surface area contributed by atoms with Crippen LogP contribution < -0.4 is 0 Å². The Balaban J connectivity index is 2.10. The number of aliphatic hydroxyl groups excluding tert-OH is 1. The number of benzene rings is 1. The van der Waals surface area contributed by atoms with Gasteiger partial charge in [0.1, 0.15) is 0 Å². The maximum atomic E-state index is 10.6. The van der Waals surface area contributed by atoms with E-state index < -0.39 is 11.0 Å². The van der Waals surface area contributed by atoms with E-state index in [1.54, 1.807) is 23.5 Å². The Bertz CT molecular complexity index is 570. The smallest absolute Gasteiger partial charge is 0.269 e. The summed E-state index contributed by atoms with van der Waals surface area (Å²) in [6.45, 7) is 4.05. The van der Waals surface area contributed by atoms with Crippen LogP contribution in [0.1, 0.15) is 27.0 Å². The van der Waals surface area contributed by atoms with Crippen molar-refractivity contribution in [1.82, 2.24) is 0 Å². The standard InChI is InChI=1S/C14H15NO3S/c1-9-7-14(19-10(9)2)13(16)8-11-3-5-12(6-4-11)15(17)18/h3-7,13,16H,8H2,1-2H3. The summed E-state index contributed by atoms with van der Waals surface area (Å²) in [5.74, 6) is 0. The van der Waals surface area contributed by atoms with Crippen LogP contribution in [0, 0.1) is 24.0 Å². The summed E-state index contributed by atoms with van der Waals surface area (Å²) in [5.41, 5.74) is 2.14. The average Bonchev–Trinajstić information content (AvgIpc) is 2.70. The molecule has 1 unspecified atom stereocenters. The van der Waals surface area contributed by atoms with E-state index in [0.717, 1.165) is 10.4 Å². The highest BCUT2D eigenvalue weighted by Gasteiger charge is 2.13. The second kappa shape index (κ2) is 5.50. The van der Waals surface area contributed by atoms with Crippen molar-refractivity contribution >= 4 is 17.0 Å². The first kappa shape index (κ1) is 13.7. The molecule has 0 fully saturated rings. The third-order valence-electron chi connectivity index (χ3n) is 3.09. The van der Waals surface area contributed by atoms with Gasteiger partial charge in [-0.1, -0.05) is 12.1 Å². The summed E-state index contributed by atoms with van der Waals surface area (Å²) in [6.07, 6.45) is -0.0870. The minimum atomic E-state index is -0.557. The summed E-state index contributed by atoms with van der Waals surface area (Å²) in [5, 5.41) is 20.7. The van der Waals surface area contributed by atoms with E-state index in [1.807, 2.05) is 19.9 Å². The van der Waals surface area contributed by atoms with E-state index in [-0.39, 0.29) is 5.69 Å². The molecule has 0 saturated carbocycles. The predicted octanol–water partition coefficient (Wildman–Crippen LogP) is 3.55. The highest BCUT2D eigenvalue weighted by molar-refractivity contribution is 7.12. The van der Waals surface area contributed by atoms with Gasteiger partial charge in [0.05, 0.1) is 11.0 Å². The SMILES string of the molecule is Cc1cc(C(O)Cc2ccc([N+](=O)[O-])cc2)sc1C. The van der Waals surface area contributed by atoms with E-state index in [9.17, 15) is 15.2 Å². The van der Waals surface area contributed by atoms with Crippen LogP contribution in [0.3, 0.4) is 0 Å². The molecule has 0 radical (unpaired) electrons. The van der Waals surface area contributed by atoms with Gasteiger partial charge in [-0.2, -0.15) is 0 Å². The molecule has 4 nitrogen and oxygen atoms in total. The number of non-ortho nitro benzene ring substituents is 1. The molecule has 0 bridgehead atoms. The zero-order chi connectivity index (χ0) is 14.0. The number of aryl methyl sites for hydroxylation is 2. The second-order valence-electron chi connectivity index (χ2n) is 4.53. The van der Waals surface area contributed by atoms with Crippen molar-refractivity contribution in [3.05, 3.63) is 61.3 Å². The highest BCUT2D eigenvalue weighted by Crippen LogP contribution is 2.28. The zero-order valence-electron chi connectivity index (χ0n) is 10.8. The van der Waals surface area contributed by atoms with Crippen molar-refractivity contribution in [1.29, 1.82) is 0 Å². The topological polar surface area (TPSA) is 63.4 Å². The van der Waals surface area contributed by atoms with Crippen LogP contribution in [-0.2, 0) is 6.42 Å². The first-order valence-corrected chi connectivity index (χ1v) is 6.77. The van der Waals surface area contributed by atoms with E-state index in [2.05, 4.69) is 0 Å². The molecule has 0 saturated heterocycles. The molecule has 0 aliphatic carbocycles. The number of thiophene rings is 1. The van der Waals surface area contributed by atoms with Crippen LogP contribution >= 0.6 is 11.3 Å². The van der Waals surface area contributed by atoms with Gasteiger partial charge in [-0.05, 0) is 31.0 Å². The quantitative estimate of drug-likeness (QED) is 0.686. The van der Waals surface area contributed by atoms with Crippen molar-refractivity contribution in [3.8, 4) is 0 Å². The van der Waals surface area contributed by atoms with Crippen LogP contribution in [0.4, 0.5) is 5.69 Å². The number of aliphatic hydroxyl groups is 1. The van der Waals surface area contributed by atoms with Gasteiger partial charge in [0.2, 0.25) is 0 Å². The van der Waals surface area contributed by atoms with Crippen molar-refractivity contribution in [2.24, 2.45) is 0 Å². The molecule has 100 valence electrons. The number of hydrogen-bond acceptors (Lipinski definition) is 4. The van der Waals surface area contributed by atoms with Gasteiger partial charge in [-0.15, -0.1) is 11.3 Å². The zero-order valence-corrected chi connectivity index (χ0v) is 11.6. The number of hydrogen-bond donors (Lipinski definition) is 1. The molecule has 2 rings (SSSR count). The van der Waals surface area contributed by atoms with Crippen LogP contribution in [0.15, 0.2) is 30.3 Å². The maximum absolute atomic E-state index is 10.6. The second-order valence-corrected chi connectivity index (χ2v) is 5.82. The van der Waals surface area contributed by atoms with E-state index in [4.69, 9.17) is 0 Å². The van der Waals surface area contributed by atoms with Gasteiger partial charge >= 0.3 is 0 Å². The molecule has 5 heteroatoms. The number of rotatable bonds is 4. The van der Waals surface area contributed by atoms with Gasteiger partial charge in [0, 0.05) is 28.3 Å². The Kier molecular flexibility index (Phi) is 3.97. The van der Waals surface area contributed by atoms with Crippen LogP contribution in [-0.4, -0.2) is 10.0 Å². The third-order valence-corrected chi connectivity index (χ3v) is 4.34. The Labute approximate surface area is 115 Å². The molecule has 1 heterocycles. The lowest BCUT2D eigenvalue weighted by Gasteiger charge is -2.08. The van der Waals surface area contributed by atoms with Gasteiger partial charge < -0.3 is 5.11 Å². The molecule has 1 aromatic carbocycles. The first-order chi connectivity index (χ1) is 8.97. The van der Waals surface area contributed by atoms with Crippen molar-refractivity contribution in [2.45, 2.75) is 26.4 Å². The van der Waals surface area contributed by atoms with Crippen LogP contribution in [0.2, 0.25) is 0 Å². The molecule has 0 aliphatic rings. The highest BCUT2D eigenvalue weighted by atomic mass is 32.1. The lowest BCUT2D eigenvalue weighted by atomic mass is 10.1. The average molecular weight is 277 g/mol. The fourth-order valence-corrected chi connectivity index (χ4v) is 2.87. The third kappa shape index (κ3) is 3.19. The van der Waals surface area contributed by atoms with Gasteiger partial charge in [-0.3, -0.25) is 10.1 Å². The Morgan fingerprint density at radius 2 is 1.95 bits per heavy atom. The molecule has 0 amide bonds. The Hall–Kier alpha value is -1.72. The van der Waals surface area contributed by atoms with Crippen LogP contribution in [0.25, 0.3) is 0 Å². The van der Waals surface area contributed by atoms with E-state index in [1.165, 1.54) is 22.6 Å². The lowest BCUT2D eigenvalue weighted by molar-refractivity contribution is -0.384. The minimum Gasteiger partial charge on any atom is -0.387 e. The molecule has 1 atom stereocenters. The summed E-state index contributed by atoms with van der Waals surface area (Å²) in [6, 6.07) is 8.30. The first-order valence-electron chi connectivity index (χ1n) is 5.95. The van der Waals surface area contributed by atoms with Gasteiger partial charge in [-0.25, -0.2) is 0 Å². The van der Waals surface area contributed by atoms with Crippen LogP contribution in [0.5, 0.6) is 0 Å². The number of nitro groups is 1. The minimum absolute atomic E-state index is 0.0704. The molecular formula is C14H15NO3S. The summed E-state index contributed by atoms with van der Waals surface area (Å²) < 4.78 is 0. The van der Waals surface area contributed by atoms with Gasteiger partial charge in [0.15, 0.2) is 0 Å². The van der Waals surface area contributed by atoms with Crippen molar-refractivity contribution < 1.29 is 10.0 Å². The summed E-state index contributed by atoms with van der Waals surface area (Å²) >= 11 is 1.59. The van der Waals surface area contributed by atoms with E-state index in [0.29, 0.717) is 6.42 Å². The van der Waals surface area contributed by atoms with Crippen molar-refractivity contribution in [2.75, 3.05) is 0 Å². The molecule has 19 heavy (non-hydrogen) atoms. The largest absolute Gasteiger partial charge is 0.387 e. The lowest BCUT2D eigenvalue weighted by Crippen LogP contribution is -1.99. The maximum Gasteiger partial charge on any atom is 0.269 e. The normalized spacial score (nSPS) is 12.4. The number of nitro benzene ring substituents is 1. The summed E-state index contributed by atoms with van der Waals surface area (Å²) in [7, 11) is 0. The fourth-order valence-electron chi connectivity index (χ4n) is 1.84. The van der Waals surface area contributed by atoms with E-state index >= 15 is 0 Å². The molecule has 1 aromatic heterocycles. The Morgan fingerprint density at radius 1 is 1.32 bits per heavy atom. The van der Waals surface area contributed by atoms with Crippen molar-refractivity contribution in [3.63, 3.8) is 0 Å². The number of nitrogens with zero attached hydrogens (tertiary/aromatic N) is 1. The Morgan fingerprint density at radius 3 is 2.42 bits per heavy atom.